The van der Waals surface area contributed by atoms with Gasteiger partial charge in [0.05, 0.1) is 17.5 Å². The number of anilines is 3. The van der Waals surface area contributed by atoms with Gasteiger partial charge in [-0.3, -0.25) is 13.9 Å². The third-order valence-corrected chi connectivity index (χ3v) is 4.62. The molecule has 0 saturated heterocycles. The Morgan fingerprint density at radius 1 is 0.960 bits per heavy atom. The van der Waals surface area contributed by atoms with Gasteiger partial charge in [0.25, 0.3) is 5.91 Å². The summed E-state index contributed by atoms with van der Waals surface area (Å²) in [6.45, 7) is 1.39. The van der Waals surface area contributed by atoms with E-state index in [0.29, 0.717) is 11.4 Å². The highest BCUT2D eigenvalue weighted by molar-refractivity contribution is 7.92. The maximum Gasteiger partial charge on any atom is 0.257 e. The van der Waals surface area contributed by atoms with Crippen LogP contribution in [0.4, 0.5) is 17.1 Å². The molecule has 0 aliphatic carbocycles. The van der Waals surface area contributed by atoms with Crippen LogP contribution in [0.15, 0.2) is 48.5 Å². The molecular weight excluding hydrogens is 342 g/mol. The number of nitrogens with zero attached hydrogens (tertiary/aromatic N) is 1. The van der Waals surface area contributed by atoms with Crippen LogP contribution in [0.25, 0.3) is 0 Å². The first-order valence-electron chi connectivity index (χ1n) is 7.40. The molecule has 0 bridgehead atoms. The minimum absolute atomic E-state index is 0.219. The molecule has 0 radical (unpaired) electrons. The van der Waals surface area contributed by atoms with Gasteiger partial charge in [-0.1, -0.05) is 18.2 Å². The van der Waals surface area contributed by atoms with Crippen LogP contribution in [-0.2, 0) is 14.8 Å². The molecule has 0 aliphatic rings. The van der Waals surface area contributed by atoms with E-state index >= 15 is 0 Å². The third kappa shape index (κ3) is 4.80. The van der Waals surface area contributed by atoms with Gasteiger partial charge in [0.1, 0.15) is 0 Å². The summed E-state index contributed by atoms with van der Waals surface area (Å²) in [5, 5.41) is 5.34. The van der Waals surface area contributed by atoms with E-state index in [0.717, 1.165) is 10.6 Å². The second-order valence-corrected chi connectivity index (χ2v) is 7.48. The van der Waals surface area contributed by atoms with E-state index in [9.17, 15) is 18.0 Å². The number of amides is 2. The number of sulfonamides is 1. The van der Waals surface area contributed by atoms with Gasteiger partial charge >= 0.3 is 0 Å². The molecule has 0 saturated carbocycles. The second-order valence-electron chi connectivity index (χ2n) is 5.46. The molecule has 0 aromatic heterocycles. The van der Waals surface area contributed by atoms with Gasteiger partial charge in [-0.2, -0.15) is 0 Å². The van der Waals surface area contributed by atoms with E-state index in [2.05, 4.69) is 10.6 Å². The molecule has 2 amide bonds. The number of hydrogen-bond donors (Lipinski definition) is 2. The molecule has 0 unspecified atom stereocenters. The molecule has 2 aromatic rings. The average Bonchev–Trinajstić information content (AvgIpc) is 2.53. The number of nitrogens with one attached hydrogen (secondary N) is 2. The quantitative estimate of drug-likeness (QED) is 0.854. The molecule has 0 aliphatic heterocycles. The molecule has 2 N–H and O–H groups in total. The number of carbonyl (C=O) groups is 2. The lowest BCUT2D eigenvalue weighted by Crippen LogP contribution is -2.27. The SMILES string of the molecule is CC(=O)Nc1cccc(NC(=O)c2ccccc2N(C)S(C)(=O)=O)c1. The topological polar surface area (TPSA) is 95.6 Å². The summed E-state index contributed by atoms with van der Waals surface area (Å²) in [5.41, 5.74) is 1.53. The normalized spacial score (nSPS) is 10.8. The van der Waals surface area contributed by atoms with Gasteiger partial charge in [-0.25, -0.2) is 8.42 Å². The Labute approximate surface area is 146 Å². The van der Waals surface area contributed by atoms with E-state index in [1.165, 1.54) is 14.0 Å². The van der Waals surface area contributed by atoms with Crippen molar-refractivity contribution in [2.45, 2.75) is 6.92 Å². The summed E-state index contributed by atoms with van der Waals surface area (Å²) in [7, 11) is -2.11. The van der Waals surface area contributed by atoms with Crippen molar-refractivity contribution in [2.75, 3.05) is 28.2 Å². The first-order valence-corrected chi connectivity index (χ1v) is 9.25. The lowest BCUT2D eigenvalue weighted by molar-refractivity contribution is -0.114. The van der Waals surface area contributed by atoms with E-state index in [1.807, 2.05) is 0 Å². The van der Waals surface area contributed by atoms with Crippen molar-refractivity contribution in [3.63, 3.8) is 0 Å². The van der Waals surface area contributed by atoms with E-state index in [1.54, 1.807) is 48.5 Å². The number of carbonyl (C=O) groups excluding carboxylic acids is 2. The molecular formula is C17H19N3O4S. The fourth-order valence-corrected chi connectivity index (χ4v) is 2.71. The standard InChI is InChI=1S/C17H19N3O4S/c1-12(21)18-13-7-6-8-14(11-13)19-17(22)15-9-4-5-10-16(15)20(2)25(3,23)24/h4-11H,1-3H3,(H,18,21)(H,19,22). The highest BCUT2D eigenvalue weighted by atomic mass is 32.2. The molecule has 25 heavy (non-hydrogen) atoms. The summed E-state index contributed by atoms with van der Waals surface area (Å²) in [6.07, 6.45) is 1.07. The molecule has 0 fully saturated rings. The van der Waals surface area contributed by atoms with Gasteiger partial charge in [0.15, 0.2) is 0 Å². The van der Waals surface area contributed by atoms with Crippen molar-refractivity contribution >= 4 is 38.9 Å². The van der Waals surface area contributed by atoms with Crippen LogP contribution in [0.1, 0.15) is 17.3 Å². The first kappa shape index (κ1) is 18.5. The van der Waals surface area contributed by atoms with E-state index in [4.69, 9.17) is 0 Å². The van der Waals surface area contributed by atoms with Gasteiger partial charge in [-0.15, -0.1) is 0 Å². The fourth-order valence-electron chi connectivity index (χ4n) is 2.20. The van der Waals surface area contributed by atoms with Crippen LogP contribution in [0, 0.1) is 0 Å². The van der Waals surface area contributed by atoms with Crippen molar-refractivity contribution in [2.24, 2.45) is 0 Å². The van der Waals surface area contributed by atoms with Crippen LogP contribution in [0.3, 0.4) is 0 Å². The first-order chi connectivity index (χ1) is 11.7. The summed E-state index contributed by atoms with van der Waals surface area (Å²) >= 11 is 0. The molecule has 132 valence electrons. The van der Waals surface area contributed by atoms with Gasteiger partial charge < -0.3 is 10.6 Å². The van der Waals surface area contributed by atoms with Crippen molar-refractivity contribution in [3.05, 3.63) is 54.1 Å². The molecule has 7 nitrogen and oxygen atoms in total. The van der Waals surface area contributed by atoms with Crippen LogP contribution in [0.2, 0.25) is 0 Å². The zero-order valence-electron chi connectivity index (χ0n) is 14.1. The molecule has 0 heterocycles. The van der Waals surface area contributed by atoms with Crippen LogP contribution in [0.5, 0.6) is 0 Å². The summed E-state index contributed by atoms with van der Waals surface area (Å²) in [4.78, 5) is 23.7. The number of rotatable bonds is 5. The van der Waals surface area contributed by atoms with Gasteiger partial charge in [0.2, 0.25) is 15.9 Å². The smallest absolute Gasteiger partial charge is 0.257 e. The van der Waals surface area contributed by atoms with Gasteiger partial charge in [-0.05, 0) is 30.3 Å². The fraction of sp³-hybridized carbons (Fsp3) is 0.176. The highest BCUT2D eigenvalue weighted by Gasteiger charge is 2.19. The van der Waals surface area contributed by atoms with Crippen molar-refractivity contribution < 1.29 is 18.0 Å². The second kappa shape index (κ2) is 7.35. The monoisotopic (exact) mass is 361 g/mol. The summed E-state index contributed by atoms with van der Waals surface area (Å²) < 4.78 is 24.6. The Hall–Kier alpha value is -2.87. The minimum atomic E-state index is -3.50. The summed E-state index contributed by atoms with van der Waals surface area (Å²) in [6, 6.07) is 13.1. The number of para-hydroxylation sites is 1. The summed E-state index contributed by atoms with van der Waals surface area (Å²) in [5.74, 6) is -0.672. The molecule has 0 atom stereocenters. The largest absolute Gasteiger partial charge is 0.326 e. The highest BCUT2D eigenvalue weighted by Crippen LogP contribution is 2.23. The molecule has 8 heteroatoms. The van der Waals surface area contributed by atoms with Crippen molar-refractivity contribution in [1.82, 2.24) is 0 Å². The van der Waals surface area contributed by atoms with E-state index < -0.39 is 15.9 Å². The Morgan fingerprint density at radius 3 is 2.16 bits per heavy atom. The zero-order valence-corrected chi connectivity index (χ0v) is 14.9. The van der Waals surface area contributed by atoms with Crippen LogP contribution >= 0.6 is 0 Å². The maximum atomic E-state index is 12.6. The maximum absolute atomic E-state index is 12.6. The van der Waals surface area contributed by atoms with Crippen molar-refractivity contribution in [1.29, 1.82) is 0 Å². The van der Waals surface area contributed by atoms with Crippen LogP contribution < -0.4 is 14.9 Å². The van der Waals surface area contributed by atoms with Crippen LogP contribution in [-0.4, -0.2) is 33.5 Å². The molecule has 2 rings (SSSR count). The Bertz CT molecular complexity index is 910. The molecule has 0 spiro atoms. The van der Waals surface area contributed by atoms with E-state index in [-0.39, 0.29) is 17.2 Å². The lowest BCUT2D eigenvalue weighted by Gasteiger charge is -2.19. The predicted molar refractivity (Wildman–Crippen MR) is 98.4 cm³/mol. The zero-order chi connectivity index (χ0) is 18.6. The molecule has 2 aromatic carbocycles. The Morgan fingerprint density at radius 2 is 1.56 bits per heavy atom. The average molecular weight is 361 g/mol. The third-order valence-electron chi connectivity index (χ3n) is 3.43. The predicted octanol–water partition coefficient (Wildman–Crippen LogP) is 2.29. The number of hydrogen-bond acceptors (Lipinski definition) is 4. The van der Waals surface area contributed by atoms with Gasteiger partial charge in [0, 0.05) is 25.3 Å². The Kier molecular flexibility index (Phi) is 5.43. The number of benzene rings is 2. The lowest BCUT2D eigenvalue weighted by atomic mass is 10.1. The minimum Gasteiger partial charge on any atom is -0.326 e. The Balaban J connectivity index is 2.29. The van der Waals surface area contributed by atoms with Crippen molar-refractivity contribution in [3.8, 4) is 0 Å².